The molecule has 2 aromatic rings. The number of H-pyrrole nitrogens is 1. The van der Waals surface area contributed by atoms with Gasteiger partial charge in [0.05, 0.1) is 0 Å². The number of halogens is 1. The summed E-state index contributed by atoms with van der Waals surface area (Å²) in [6.07, 6.45) is 0. The highest BCUT2D eigenvalue weighted by molar-refractivity contribution is 5.90. The first-order valence-corrected chi connectivity index (χ1v) is 6.02. The van der Waals surface area contributed by atoms with Gasteiger partial charge in [-0.2, -0.15) is 0 Å². The van der Waals surface area contributed by atoms with Crippen molar-refractivity contribution < 1.29 is 9.18 Å². The fourth-order valence-electron chi connectivity index (χ4n) is 1.53. The van der Waals surface area contributed by atoms with Crippen LogP contribution in [0.5, 0.6) is 0 Å². The van der Waals surface area contributed by atoms with Crippen LogP contribution in [0.2, 0.25) is 0 Å². The standard InChI is InChI=1S/C13H15FN4O/c1-8(2)11-16-12(18-17-11)13(19)15-7-9-5-3-4-6-10(9)14/h3-6,8H,7H2,1-2H3,(H,15,19)(H,16,17,18). The summed E-state index contributed by atoms with van der Waals surface area (Å²) in [5.74, 6) is 0.115. The van der Waals surface area contributed by atoms with Gasteiger partial charge in [-0.05, 0) is 6.07 Å². The zero-order valence-corrected chi connectivity index (χ0v) is 10.8. The first kappa shape index (κ1) is 13.2. The Morgan fingerprint density at radius 1 is 1.42 bits per heavy atom. The van der Waals surface area contributed by atoms with E-state index in [1.165, 1.54) is 6.07 Å². The van der Waals surface area contributed by atoms with Crippen LogP contribution in [0, 0.1) is 5.82 Å². The number of rotatable bonds is 4. The second kappa shape index (κ2) is 5.60. The summed E-state index contributed by atoms with van der Waals surface area (Å²) >= 11 is 0. The molecule has 1 aromatic carbocycles. The molecule has 6 heteroatoms. The second-order valence-electron chi connectivity index (χ2n) is 4.47. The predicted octanol–water partition coefficient (Wildman–Crippen LogP) is 2.00. The summed E-state index contributed by atoms with van der Waals surface area (Å²) in [5.41, 5.74) is 0.426. The van der Waals surface area contributed by atoms with Gasteiger partial charge in [-0.25, -0.2) is 9.37 Å². The minimum atomic E-state index is -0.425. The SMILES string of the molecule is CC(C)c1nc(C(=O)NCc2ccccc2F)n[nH]1. The van der Waals surface area contributed by atoms with Gasteiger partial charge < -0.3 is 5.32 Å². The maximum atomic E-state index is 13.4. The third-order valence-corrected chi connectivity index (χ3v) is 2.65. The van der Waals surface area contributed by atoms with E-state index in [1.807, 2.05) is 13.8 Å². The molecular weight excluding hydrogens is 247 g/mol. The lowest BCUT2D eigenvalue weighted by Crippen LogP contribution is -2.24. The Bertz CT molecular complexity index is 580. The van der Waals surface area contributed by atoms with Crippen molar-refractivity contribution in [3.05, 3.63) is 47.3 Å². The van der Waals surface area contributed by atoms with E-state index in [0.29, 0.717) is 11.4 Å². The molecule has 5 nitrogen and oxygen atoms in total. The molecule has 0 fully saturated rings. The van der Waals surface area contributed by atoms with E-state index in [2.05, 4.69) is 20.5 Å². The van der Waals surface area contributed by atoms with Crippen LogP contribution >= 0.6 is 0 Å². The summed E-state index contributed by atoms with van der Waals surface area (Å²) in [5, 5.41) is 9.11. The number of nitrogens with zero attached hydrogens (tertiary/aromatic N) is 2. The molecule has 0 aliphatic heterocycles. The molecule has 0 saturated carbocycles. The summed E-state index contributed by atoms with van der Waals surface area (Å²) in [6, 6.07) is 6.29. The van der Waals surface area contributed by atoms with Gasteiger partial charge in [-0.15, -0.1) is 5.10 Å². The number of hydrogen-bond acceptors (Lipinski definition) is 3. The Kier molecular flexibility index (Phi) is 3.89. The van der Waals surface area contributed by atoms with Crippen molar-refractivity contribution in [1.29, 1.82) is 0 Å². The molecule has 0 bridgehead atoms. The lowest BCUT2D eigenvalue weighted by Gasteiger charge is -2.03. The maximum Gasteiger partial charge on any atom is 0.291 e. The largest absolute Gasteiger partial charge is 0.345 e. The Morgan fingerprint density at radius 2 is 2.16 bits per heavy atom. The van der Waals surface area contributed by atoms with E-state index in [1.54, 1.807) is 18.2 Å². The highest BCUT2D eigenvalue weighted by Crippen LogP contribution is 2.08. The van der Waals surface area contributed by atoms with E-state index < -0.39 is 5.91 Å². The fourth-order valence-corrected chi connectivity index (χ4v) is 1.53. The van der Waals surface area contributed by atoms with Gasteiger partial charge in [0.25, 0.3) is 5.91 Å². The van der Waals surface area contributed by atoms with Crippen molar-refractivity contribution in [2.45, 2.75) is 26.3 Å². The number of benzene rings is 1. The summed E-state index contributed by atoms with van der Waals surface area (Å²) in [6.45, 7) is 4.00. The number of aromatic amines is 1. The number of carbonyl (C=O) groups excluding carboxylic acids is 1. The van der Waals surface area contributed by atoms with Gasteiger partial charge in [0.2, 0.25) is 5.82 Å². The Morgan fingerprint density at radius 3 is 2.79 bits per heavy atom. The average Bonchev–Trinajstić information content (AvgIpc) is 2.87. The number of carbonyl (C=O) groups is 1. The third-order valence-electron chi connectivity index (χ3n) is 2.65. The lowest BCUT2D eigenvalue weighted by molar-refractivity contribution is 0.0940. The van der Waals surface area contributed by atoms with Gasteiger partial charge in [0.1, 0.15) is 11.6 Å². The zero-order chi connectivity index (χ0) is 13.8. The van der Waals surface area contributed by atoms with Crippen LogP contribution in [0.4, 0.5) is 4.39 Å². The number of amides is 1. The van der Waals surface area contributed by atoms with Crippen LogP contribution in [-0.2, 0) is 6.54 Å². The highest BCUT2D eigenvalue weighted by Gasteiger charge is 2.14. The molecule has 19 heavy (non-hydrogen) atoms. The Labute approximate surface area is 110 Å². The van der Waals surface area contributed by atoms with Crippen LogP contribution in [0.15, 0.2) is 24.3 Å². The smallest absolute Gasteiger partial charge is 0.291 e. The third kappa shape index (κ3) is 3.15. The topological polar surface area (TPSA) is 70.7 Å². The molecule has 1 heterocycles. The summed E-state index contributed by atoms with van der Waals surface area (Å²) < 4.78 is 13.4. The van der Waals surface area contributed by atoms with E-state index >= 15 is 0 Å². The van der Waals surface area contributed by atoms with Gasteiger partial charge >= 0.3 is 0 Å². The molecule has 0 aliphatic carbocycles. The van der Waals surface area contributed by atoms with E-state index in [-0.39, 0.29) is 24.1 Å². The first-order chi connectivity index (χ1) is 9.08. The predicted molar refractivity (Wildman–Crippen MR) is 68.0 cm³/mol. The van der Waals surface area contributed by atoms with Crippen molar-refractivity contribution in [1.82, 2.24) is 20.5 Å². The van der Waals surface area contributed by atoms with E-state index in [0.717, 1.165) is 0 Å². The van der Waals surface area contributed by atoms with Crippen LogP contribution in [-0.4, -0.2) is 21.1 Å². The van der Waals surface area contributed by atoms with Crippen LogP contribution in [0.25, 0.3) is 0 Å². The lowest BCUT2D eigenvalue weighted by atomic mass is 10.2. The zero-order valence-electron chi connectivity index (χ0n) is 10.8. The van der Waals surface area contributed by atoms with Gasteiger partial charge in [0, 0.05) is 18.0 Å². The molecule has 0 saturated heterocycles. The molecule has 1 aromatic heterocycles. The van der Waals surface area contributed by atoms with E-state index in [9.17, 15) is 9.18 Å². The fraction of sp³-hybridized carbons (Fsp3) is 0.308. The first-order valence-electron chi connectivity index (χ1n) is 6.02. The molecule has 0 atom stereocenters. The second-order valence-corrected chi connectivity index (χ2v) is 4.47. The van der Waals surface area contributed by atoms with Crippen molar-refractivity contribution >= 4 is 5.91 Å². The minimum Gasteiger partial charge on any atom is -0.345 e. The Hall–Kier alpha value is -2.24. The molecule has 2 N–H and O–H groups in total. The van der Waals surface area contributed by atoms with Crippen LogP contribution in [0.3, 0.4) is 0 Å². The van der Waals surface area contributed by atoms with Crippen molar-refractivity contribution in [3.63, 3.8) is 0 Å². The minimum absolute atomic E-state index is 0.0695. The van der Waals surface area contributed by atoms with E-state index in [4.69, 9.17) is 0 Å². The number of hydrogen-bond donors (Lipinski definition) is 2. The normalized spacial score (nSPS) is 10.7. The monoisotopic (exact) mass is 262 g/mol. The molecule has 0 unspecified atom stereocenters. The number of aromatic nitrogens is 3. The molecule has 0 radical (unpaired) electrons. The Balaban J connectivity index is 1.99. The molecule has 0 spiro atoms. The van der Waals surface area contributed by atoms with Crippen molar-refractivity contribution in [3.8, 4) is 0 Å². The highest BCUT2D eigenvalue weighted by atomic mass is 19.1. The number of nitrogens with one attached hydrogen (secondary N) is 2. The molecule has 100 valence electrons. The molecule has 2 rings (SSSR count). The maximum absolute atomic E-state index is 13.4. The molecule has 0 aliphatic rings. The van der Waals surface area contributed by atoms with Crippen molar-refractivity contribution in [2.75, 3.05) is 0 Å². The quantitative estimate of drug-likeness (QED) is 0.885. The molecular formula is C13H15FN4O. The van der Waals surface area contributed by atoms with Gasteiger partial charge in [-0.3, -0.25) is 9.89 Å². The molecule has 1 amide bonds. The van der Waals surface area contributed by atoms with Crippen LogP contribution in [0.1, 0.15) is 41.8 Å². The van der Waals surface area contributed by atoms with Gasteiger partial charge in [0.15, 0.2) is 0 Å². The van der Waals surface area contributed by atoms with Gasteiger partial charge in [-0.1, -0.05) is 32.0 Å². The van der Waals surface area contributed by atoms with Crippen molar-refractivity contribution in [2.24, 2.45) is 0 Å². The summed E-state index contributed by atoms with van der Waals surface area (Å²) in [4.78, 5) is 15.9. The van der Waals surface area contributed by atoms with Crippen LogP contribution < -0.4 is 5.32 Å². The summed E-state index contributed by atoms with van der Waals surface area (Å²) in [7, 11) is 0. The average molecular weight is 262 g/mol.